The molecular weight excluding hydrogens is 288 g/mol. The van der Waals surface area contributed by atoms with Gasteiger partial charge in [0.1, 0.15) is 12.4 Å². The minimum absolute atomic E-state index is 0.245. The minimum atomic E-state index is 0.245. The van der Waals surface area contributed by atoms with Crippen LogP contribution in [0.25, 0.3) is 0 Å². The third-order valence-corrected chi connectivity index (χ3v) is 4.17. The van der Waals surface area contributed by atoms with Crippen LogP contribution in [0.3, 0.4) is 0 Å². The molecule has 0 amide bonds. The van der Waals surface area contributed by atoms with Gasteiger partial charge < -0.3 is 19.9 Å². The van der Waals surface area contributed by atoms with Crippen molar-refractivity contribution in [2.24, 2.45) is 5.73 Å². The normalized spacial score (nSPS) is 12.7. The molecule has 1 aliphatic rings. The van der Waals surface area contributed by atoms with Gasteiger partial charge in [0.2, 0.25) is 6.79 Å². The monoisotopic (exact) mass is 306 g/mol. The first-order chi connectivity index (χ1) is 10.3. The number of benzene rings is 1. The van der Waals surface area contributed by atoms with Gasteiger partial charge in [0, 0.05) is 23.6 Å². The zero-order valence-electron chi connectivity index (χ0n) is 11.9. The van der Waals surface area contributed by atoms with Crippen LogP contribution in [0.1, 0.15) is 29.6 Å². The molecule has 21 heavy (non-hydrogen) atoms. The van der Waals surface area contributed by atoms with Crippen LogP contribution >= 0.6 is 11.3 Å². The van der Waals surface area contributed by atoms with Crippen LogP contribution in [-0.2, 0) is 19.6 Å². The van der Waals surface area contributed by atoms with Crippen molar-refractivity contribution in [1.29, 1.82) is 0 Å². The summed E-state index contributed by atoms with van der Waals surface area (Å²) in [7, 11) is 0. The molecule has 6 heteroatoms. The number of nitrogens with zero attached hydrogens (tertiary/aromatic N) is 1. The second-order valence-corrected chi connectivity index (χ2v) is 5.73. The summed E-state index contributed by atoms with van der Waals surface area (Å²) in [4.78, 5) is 4.55. The number of aryl methyl sites for hydroxylation is 1. The molecular formula is C15H18N2O3S. The summed E-state index contributed by atoms with van der Waals surface area (Å²) in [6.07, 6.45) is 2.12. The van der Waals surface area contributed by atoms with Crippen molar-refractivity contribution in [2.45, 2.75) is 32.9 Å². The average molecular weight is 306 g/mol. The number of rotatable bonds is 6. The smallest absolute Gasteiger partial charge is 0.231 e. The van der Waals surface area contributed by atoms with Crippen molar-refractivity contribution in [1.82, 2.24) is 4.98 Å². The van der Waals surface area contributed by atoms with Crippen molar-refractivity contribution in [2.75, 3.05) is 6.79 Å². The second-order valence-electron chi connectivity index (χ2n) is 4.79. The highest BCUT2D eigenvalue weighted by Crippen LogP contribution is 2.38. The summed E-state index contributed by atoms with van der Waals surface area (Å²) in [6, 6.07) is 3.71. The Morgan fingerprint density at radius 2 is 2.14 bits per heavy atom. The van der Waals surface area contributed by atoms with Crippen LogP contribution in [0.2, 0.25) is 0 Å². The van der Waals surface area contributed by atoms with Crippen molar-refractivity contribution in [3.05, 3.63) is 33.8 Å². The van der Waals surface area contributed by atoms with Gasteiger partial charge in [-0.15, -0.1) is 11.3 Å². The lowest BCUT2D eigenvalue weighted by molar-refractivity contribution is 0.173. The maximum Gasteiger partial charge on any atom is 0.231 e. The lowest BCUT2D eigenvalue weighted by Crippen LogP contribution is -2.03. The summed E-state index contributed by atoms with van der Waals surface area (Å²) >= 11 is 1.68. The molecule has 1 aliphatic heterocycles. The molecule has 0 saturated carbocycles. The Labute approximate surface area is 127 Å². The fourth-order valence-corrected chi connectivity index (χ4v) is 3.04. The summed E-state index contributed by atoms with van der Waals surface area (Å²) in [5.41, 5.74) is 7.62. The van der Waals surface area contributed by atoms with E-state index < -0.39 is 0 Å². The summed E-state index contributed by atoms with van der Waals surface area (Å²) < 4.78 is 16.6. The highest BCUT2D eigenvalue weighted by Gasteiger charge is 2.17. The minimum Gasteiger partial charge on any atom is -0.487 e. The molecule has 0 radical (unpaired) electrons. The van der Waals surface area contributed by atoms with E-state index >= 15 is 0 Å². The van der Waals surface area contributed by atoms with E-state index in [2.05, 4.69) is 11.9 Å². The first-order valence-corrected chi connectivity index (χ1v) is 7.86. The molecule has 2 aromatic rings. The van der Waals surface area contributed by atoms with Crippen molar-refractivity contribution < 1.29 is 14.2 Å². The fraction of sp³-hybridized carbons (Fsp3) is 0.400. The van der Waals surface area contributed by atoms with Crippen LogP contribution in [0, 0.1) is 0 Å². The van der Waals surface area contributed by atoms with Crippen LogP contribution in [0.15, 0.2) is 17.5 Å². The third-order valence-electron chi connectivity index (χ3n) is 3.21. The van der Waals surface area contributed by atoms with E-state index in [9.17, 15) is 0 Å². The Morgan fingerprint density at radius 3 is 2.90 bits per heavy atom. The van der Waals surface area contributed by atoms with Gasteiger partial charge in [0.05, 0.1) is 10.7 Å². The summed E-state index contributed by atoms with van der Waals surface area (Å²) in [5, 5.41) is 3.20. The Balaban J connectivity index is 1.72. The predicted molar refractivity (Wildman–Crippen MR) is 80.9 cm³/mol. The molecule has 1 aromatic carbocycles. The van der Waals surface area contributed by atoms with E-state index in [4.69, 9.17) is 19.9 Å². The molecule has 1 aromatic heterocycles. The largest absolute Gasteiger partial charge is 0.487 e. The lowest BCUT2D eigenvalue weighted by Gasteiger charge is -2.10. The number of aromatic nitrogens is 1. The maximum atomic E-state index is 5.86. The first kappa shape index (κ1) is 14.2. The molecule has 0 atom stereocenters. The molecule has 0 aliphatic carbocycles. The highest BCUT2D eigenvalue weighted by atomic mass is 32.1. The molecule has 3 rings (SSSR count). The van der Waals surface area contributed by atoms with Gasteiger partial charge in [-0.1, -0.05) is 6.92 Å². The Morgan fingerprint density at radius 1 is 1.33 bits per heavy atom. The molecule has 112 valence electrons. The van der Waals surface area contributed by atoms with E-state index in [1.807, 2.05) is 17.5 Å². The first-order valence-electron chi connectivity index (χ1n) is 6.98. The molecule has 2 N–H and O–H groups in total. The number of fused-ring (bicyclic) bond motifs is 1. The molecule has 5 nitrogen and oxygen atoms in total. The van der Waals surface area contributed by atoms with Gasteiger partial charge in [-0.3, -0.25) is 0 Å². The van der Waals surface area contributed by atoms with E-state index in [0.29, 0.717) is 18.9 Å². The number of hydrogen-bond donors (Lipinski definition) is 1. The topological polar surface area (TPSA) is 66.6 Å². The van der Waals surface area contributed by atoms with Gasteiger partial charge >= 0.3 is 0 Å². The lowest BCUT2D eigenvalue weighted by atomic mass is 10.2. The summed E-state index contributed by atoms with van der Waals surface area (Å²) in [5.74, 6) is 2.15. The highest BCUT2D eigenvalue weighted by molar-refractivity contribution is 7.09. The standard InChI is InChI=1S/C15H18N2O3S/c1-2-3-15-17-11(8-21-15)7-18-12-5-14-13(19-9-20-14)4-10(12)6-16/h4-5,8H,2-3,6-7,9,16H2,1H3. The van der Waals surface area contributed by atoms with Crippen LogP contribution < -0.4 is 19.9 Å². The zero-order valence-corrected chi connectivity index (χ0v) is 12.7. The van der Waals surface area contributed by atoms with Gasteiger partial charge in [-0.2, -0.15) is 0 Å². The molecule has 0 unspecified atom stereocenters. The zero-order chi connectivity index (χ0) is 14.7. The second kappa shape index (κ2) is 6.32. The fourth-order valence-electron chi connectivity index (χ4n) is 2.15. The Bertz CT molecular complexity index is 627. The average Bonchev–Trinajstić information content (AvgIpc) is 3.12. The van der Waals surface area contributed by atoms with Crippen molar-refractivity contribution >= 4 is 11.3 Å². The van der Waals surface area contributed by atoms with Crippen LogP contribution in [-0.4, -0.2) is 11.8 Å². The number of ether oxygens (including phenoxy) is 3. The summed E-state index contributed by atoms with van der Waals surface area (Å²) in [6.45, 7) is 3.23. The van der Waals surface area contributed by atoms with Gasteiger partial charge in [-0.05, 0) is 18.9 Å². The number of thiazole rings is 1. The number of hydrogen-bond acceptors (Lipinski definition) is 6. The molecule has 2 heterocycles. The van der Waals surface area contributed by atoms with Crippen molar-refractivity contribution in [3.8, 4) is 17.2 Å². The third kappa shape index (κ3) is 3.11. The van der Waals surface area contributed by atoms with Gasteiger partial charge in [-0.25, -0.2) is 4.98 Å². The van der Waals surface area contributed by atoms with Gasteiger partial charge in [0.15, 0.2) is 11.5 Å². The number of nitrogens with two attached hydrogens (primary N) is 1. The maximum absolute atomic E-state index is 5.86. The van der Waals surface area contributed by atoms with E-state index in [0.717, 1.165) is 40.6 Å². The quantitative estimate of drug-likeness (QED) is 0.889. The van der Waals surface area contributed by atoms with Gasteiger partial charge in [0.25, 0.3) is 0 Å². The van der Waals surface area contributed by atoms with E-state index in [1.54, 1.807) is 11.3 Å². The van der Waals surface area contributed by atoms with E-state index in [1.165, 1.54) is 0 Å². The predicted octanol–water partition coefficient (Wildman–Crippen LogP) is 2.86. The Kier molecular flexibility index (Phi) is 4.26. The van der Waals surface area contributed by atoms with Crippen LogP contribution in [0.4, 0.5) is 0 Å². The van der Waals surface area contributed by atoms with Crippen molar-refractivity contribution in [3.63, 3.8) is 0 Å². The van der Waals surface area contributed by atoms with E-state index in [-0.39, 0.29) is 6.79 Å². The molecule has 0 saturated heterocycles. The SMILES string of the molecule is CCCc1nc(COc2cc3c(cc2CN)OCO3)cs1. The molecule has 0 spiro atoms. The molecule has 0 fully saturated rings. The molecule has 0 bridgehead atoms. The van der Waals surface area contributed by atoms with Crippen LogP contribution in [0.5, 0.6) is 17.2 Å². The Hall–Kier alpha value is -1.79.